The Kier molecular flexibility index (Phi) is 7.71. The van der Waals surface area contributed by atoms with Crippen molar-refractivity contribution < 1.29 is 4.42 Å². The van der Waals surface area contributed by atoms with E-state index in [1.807, 2.05) is 18.9 Å². The number of hydrogen-bond donors (Lipinski definition) is 2. The highest BCUT2D eigenvalue weighted by Gasteiger charge is 2.25. The van der Waals surface area contributed by atoms with E-state index >= 15 is 0 Å². The Bertz CT molecular complexity index is 1240. The van der Waals surface area contributed by atoms with Gasteiger partial charge in [0.05, 0.1) is 0 Å². The molecule has 0 spiro atoms. The topological polar surface area (TPSA) is 109 Å². The van der Waals surface area contributed by atoms with Crippen LogP contribution in [0.4, 0.5) is 29.0 Å². The van der Waals surface area contributed by atoms with Crippen molar-refractivity contribution in [2.75, 3.05) is 41.0 Å². The third-order valence-electron chi connectivity index (χ3n) is 7.11. The van der Waals surface area contributed by atoms with Crippen molar-refractivity contribution in [3.05, 3.63) is 53.9 Å². The van der Waals surface area contributed by atoms with Crippen LogP contribution in [-0.4, -0.2) is 40.3 Å². The number of rotatable bonds is 8. The van der Waals surface area contributed by atoms with Gasteiger partial charge in [0.15, 0.2) is 11.6 Å². The molecule has 3 heterocycles. The van der Waals surface area contributed by atoms with Crippen LogP contribution >= 0.6 is 0 Å². The quantitative estimate of drug-likeness (QED) is 0.409. The van der Waals surface area contributed by atoms with Crippen LogP contribution in [0.15, 0.2) is 35.4 Å². The van der Waals surface area contributed by atoms with Gasteiger partial charge in [-0.15, -0.1) is 10.2 Å². The number of anilines is 5. The lowest BCUT2D eigenvalue weighted by molar-refractivity contribution is 0.360. The summed E-state index contributed by atoms with van der Waals surface area (Å²) in [7, 11) is 1.90. The molecular formula is C28H40N8O. The van der Waals surface area contributed by atoms with E-state index < -0.39 is 0 Å². The number of aromatic nitrogens is 4. The third-order valence-corrected chi connectivity index (χ3v) is 7.11. The highest BCUT2D eigenvalue weighted by atomic mass is 16.4. The summed E-state index contributed by atoms with van der Waals surface area (Å²) in [6, 6.07) is 6.52. The first-order valence-electron chi connectivity index (χ1n) is 13.0. The highest BCUT2D eigenvalue weighted by molar-refractivity contribution is 5.82. The van der Waals surface area contributed by atoms with Gasteiger partial charge in [-0.1, -0.05) is 39.5 Å². The molecular weight excluding hydrogens is 464 g/mol. The average Bonchev–Trinajstić information content (AvgIpc) is 3.28. The number of nitrogens with two attached hydrogens (primary N) is 1. The predicted molar refractivity (Wildman–Crippen MR) is 150 cm³/mol. The molecule has 0 saturated carbocycles. The number of aryl methyl sites for hydroxylation is 3. The van der Waals surface area contributed by atoms with E-state index in [0.717, 1.165) is 55.9 Å². The molecule has 3 N–H and O–H groups in total. The molecule has 0 amide bonds. The molecule has 1 aliphatic heterocycles. The lowest BCUT2D eigenvalue weighted by Gasteiger charge is -2.33. The summed E-state index contributed by atoms with van der Waals surface area (Å²) in [5.41, 5.74) is 10.6. The number of nitrogens with one attached hydrogen (secondary N) is 1. The maximum atomic E-state index is 6.51. The van der Waals surface area contributed by atoms with E-state index in [9.17, 15) is 0 Å². The lowest BCUT2D eigenvalue weighted by Crippen LogP contribution is -2.35. The molecule has 1 saturated heterocycles. The van der Waals surface area contributed by atoms with Crippen LogP contribution < -0.4 is 20.9 Å². The summed E-state index contributed by atoms with van der Waals surface area (Å²) in [4.78, 5) is 13.8. The molecule has 0 radical (unpaired) electrons. The van der Waals surface area contributed by atoms with Gasteiger partial charge < -0.3 is 25.3 Å². The minimum atomic E-state index is 0.0351. The minimum Gasteiger partial charge on any atom is -0.426 e. The second-order valence-electron chi connectivity index (χ2n) is 11.0. The molecule has 198 valence electrons. The summed E-state index contributed by atoms with van der Waals surface area (Å²) in [6.07, 6.45) is 5.69. The van der Waals surface area contributed by atoms with Crippen molar-refractivity contribution in [1.82, 2.24) is 20.2 Å². The van der Waals surface area contributed by atoms with Gasteiger partial charge in [0.2, 0.25) is 17.7 Å². The fourth-order valence-corrected chi connectivity index (χ4v) is 4.67. The van der Waals surface area contributed by atoms with Crippen molar-refractivity contribution in [2.24, 2.45) is 5.92 Å². The molecule has 9 heteroatoms. The van der Waals surface area contributed by atoms with Crippen molar-refractivity contribution in [1.29, 1.82) is 0 Å². The maximum Gasteiger partial charge on any atom is 0.229 e. The summed E-state index contributed by atoms with van der Waals surface area (Å²) >= 11 is 0. The number of hydrogen-bond acceptors (Lipinski definition) is 9. The largest absolute Gasteiger partial charge is 0.426 e. The van der Waals surface area contributed by atoms with Crippen molar-refractivity contribution in [3.8, 4) is 0 Å². The van der Waals surface area contributed by atoms with Crippen LogP contribution in [0.5, 0.6) is 0 Å². The number of nitrogen functional groups attached to an aromatic ring is 1. The molecule has 1 aromatic carbocycles. The van der Waals surface area contributed by atoms with Crippen LogP contribution in [0, 0.1) is 19.8 Å². The van der Waals surface area contributed by atoms with E-state index in [4.69, 9.17) is 20.1 Å². The van der Waals surface area contributed by atoms with E-state index in [1.54, 1.807) is 6.20 Å². The third kappa shape index (κ3) is 6.21. The number of nitrogens with zero attached hydrogens (tertiary/aromatic N) is 6. The first kappa shape index (κ1) is 26.4. The molecule has 9 nitrogen and oxygen atoms in total. The van der Waals surface area contributed by atoms with Crippen molar-refractivity contribution in [2.45, 2.75) is 65.7 Å². The Balaban J connectivity index is 1.54. The maximum absolute atomic E-state index is 6.51. The van der Waals surface area contributed by atoms with Gasteiger partial charge in [0.25, 0.3) is 0 Å². The van der Waals surface area contributed by atoms with Crippen molar-refractivity contribution in [3.63, 3.8) is 0 Å². The molecule has 4 rings (SSSR count). The first-order valence-corrected chi connectivity index (χ1v) is 13.0. The molecule has 0 atom stereocenters. The standard InChI is InChI=1S/C28H40N8O/c1-8-35(7)24-25(29)31-27(32-26(24)30-22-17-21(28(4,5)6)11-9-18(22)2)36-15-13-20(14-16-36)10-12-23-34-33-19(3)37-23/h8-9,11,17,20H,1,10,12-16H2,2-7H3,(H3,29,30,31,32). The lowest BCUT2D eigenvalue weighted by atomic mass is 9.86. The Morgan fingerprint density at radius 3 is 2.54 bits per heavy atom. The van der Waals surface area contributed by atoms with Crippen LogP contribution in [0.3, 0.4) is 0 Å². The molecule has 37 heavy (non-hydrogen) atoms. The zero-order valence-corrected chi connectivity index (χ0v) is 23.0. The normalized spacial score (nSPS) is 14.6. The summed E-state index contributed by atoms with van der Waals surface area (Å²) in [5, 5.41) is 11.6. The van der Waals surface area contributed by atoms with Gasteiger partial charge in [-0.05, 0) is 60.9 Å². The number of benzene rings is 1. The Hall–Kier alpha value is -3.62. The summed E-state index contributed by atoms with van der Waals surface area (Å²) in [6.45, 7) is 16.2. The van der Waals surface area contributed by atoms with Crippen LogP contribution in [0.2, 0.25) is 0 Å². The smallest absolute Gasteiger partial charge is 0.229 e. The van der Waals surface area contributed by atoms with Gasteiger partial charge in [-0.2, -0.15) is 9.97 Å². The molecule has 1 fully saturated rings. The van der Waals surface area contributed by atoms with E-state index in [-0.39, 0.29) is 5.41 Å². The second kappa shape index (κ2) is 10.8. The predicted octanol–water partition coefficient (Wildman–Crippen LogP) is 5.53. The van der Waals surface area contributed by atoms with Gasteiger partial charge in [0, 0.05) is 39.2 Å². The Morgan fingerprint density at radius 2 is 1.92 bits per heavy atom. The monoisotopic (exact) mass is 504 g/mol. The Morgan fingerprint density at radius 1 is 1.19 bits per heavy atom. The molecule has 3 aromatic rings. The van der Waals surface area contributed by atoms with E-state index in [0.29, 0.717) is 35.1 Å². The Labute approximate surface area is 220 Å². The minimum absolute atomic E-state index is 0.0351. The summed E-state index contributed by atoms with van der Waals surface area (Å²) < 4.78 is 5.53. The van der Waals surface area contributed by atoms with Crippen LogP contribution in [-0.2, 0) is 11.8 Å². The van der Waals surface area contributed by atoms with Crippen LogP contribution in [0.1, 0.15) is 62.9 Å². The molecule has 0 unspecified atom stereocenters. The van der Waals surface area contributed by atoms with E-state index in [1.165, 1.54) is 5.56 Å². The van der Waals surface area contributed by atoms with Gasteiger partial charge >= 0.3 is 0 Å². The fourth-order valence-electron chi connectivity index (χ4n) is 4.67. The average molecular weight is 505 g/mol. The van der Waals surface area contributed by atoms with Gasteiger partial charge in [-0.3, -0.25) is 0 Å². The summed E-state index contributed by atoms with van der Waals surface area (Å²) in [5.74, 6) is 3.69. The molecule has 0 bridgehead atoms. The second-order valence-corrected chi connectivity index (χ2v) is 11.0. The van der Waals surface area contributed by atoms with Gasteiger partial charge in [-0.25, -0.2) is 0 Å². The SMILES string of the molecule is C=CN(C)c1c(N)nc(N2CCC(CCc3nnc(C)o3)CC2)nc1Nc1cc(C(C)(C)C)ccc1C. The zero-order valence-electron chi connectivity index (χ0n) is 23.0. The van der Waals surface area contributed by atoms with Gasteiger partial charge in [0.1, 0.15) is 5.69 Å². The first-order chi connectivity index (χ1) is 17.5. The zero-order chi connectivity index (χ0) is 26.7. The van der Waals surface area contributed by atoms with Crippen molar-refractivity contribution >= 4 is 29.0 Å². The molecule has 0 aliphatic carbocycles. The fraction of sp³-hybridized carbons (Fsp3) is 0.500. The number of piperidine rings is 1. The van der Waals surface area contributed by atoms with E-state index in [2.05, 4.69) is 72.9 Å². The molecule has 2 aromatic heterocycles. The highest BCUT2D eigenvalue weighted by Crippen LogP contribution is 2.36. The molecule has 1 aliphatic rings. The van der Waals surface area contributed by atoms with Crippen LogP contribution in [0.25, 0.3) is 0 Å².